The predicted octanol–water partition coefficient (Wildman–Crippen LogP) is 1.82. The Morgan fingerprint density at radius 3 is 2.21 bits per heavy atom. The van der Waals surface area contributed by atoms with Crippen LogP contribution in [-0.2, 0) is 0 Å². The number of nitrogens with one attached hydrogen (secondary N) is 1. The number of hydrogen-bond donors (Lipinski definition) is 1. The number of aryl methyl sites for hydroxylation is 1. The van der Waals surface area contributed by atoms with E-state index < -0.39 is 0 Å². The van der Waals surface area contributed by atoms with Crippen molar-refractivity contribution < 1.29 is 0 Å². The highest BCUT2D eigenvalue weighted by Gasteiger charge is 2.08. The van der Waals surface area contributed by atoms with Crippen LogP contribution >= 0.6 is 0 Å². The molecule has 1 N–H and O–H groups in total. The first-order valence-electron chi connectivity index (χ1n) is 5.02. The zero-order valence-corrected chi connectivity index (χ0v) is 9.54. The molecule has 0 amide bonds. The molecule has 0 aromatic heterocycles. The van der Waals surface area contributed by atoms with Gasteiger partial charge in [0.05, 0.1) is 0 Å². The molecule has 2 heteroatoms. The van der Waals surface area contributed by atoms with Gasteiger partial charge < -0.3 is 10.2 Å². The van der Waals surface area contributed by atoms with Crippen LogP contribution in [0.15, 0.2) is 24.3 Å². The summed E-state index contributed by atoms with van der Waals surface area (Å²) >= 11 is 0. The van der Waals surface area contributed by atoms with Gasteiger partial charge in [-0.15, -0.1) is 0 Å². The SMILES string of the molecule is CNC(CN(C)C)c1ccc(C)cc1. The van der Waals surface area contributed by atoms with E-state index in [4.69, 9.17) is 0 Å². The zero-order chi connectivity index (χ0) is 10.6. The van der Waals surface area contributed by atoms with Crippen molar-refractivity contribution in [3.05, 3.63) is 35.4 Å². The summed E-state index contributed by atoms with van der Waals surface area (Å²) < 4.78 is 0. The number of rotatable bonds is 4. The van der Waals surface area contributed by atoms with E-state index in [1.54, 1.807) is 0 Å². The molecule has 0 radical (unpaired) electrons. The lowest BCUT2D eigenvalue weighted by Gasteiger charge is -2.20. The molecule has 1 aromatic rings. The van der Waals surface area contributed by atoms with E-state index in [1.807, 2.05) is 7.05 Å². The first-order valence-corrected chi connectivity index (χ1v) is 5.02. The van der Waals surface area contributed by atoms with Crippen molar-refractivity contribution in [2.45, 2.75) is 13.0 Å². The van der Waals surface area contributed by atoms with Crippen LogP contribution in [0.25, 0.3) is 0 Å². The second-order valence-corrected chi connectivity index (χ2v) is 4.01. The maximum atomic E-state index is 3.33. The molecular weight excluding hydrogens is 172 g/mol. The second kappa shape index (κ2) is 5.13. The molecule has 1 aromatic carbocycles. The minimum Gasteiger partial charge on any atom is -0.312 e. The van der Waals surface area contributed by atoms with Crippen LogP contribution in [0.3, 0.4) is 0 Å². The number of nitrogens with zero attached hydrogens (tertiary/aromatic N) is 1. The Bertz CT molecular complexity index is 264. The van der Waals surface area contributed by atoms with Crippen LogP contribution in [0.1, 0.15) is 17.2 Å². The zero-order valence-electron chi connectivity index (χ0n) is 9.54. The molecule has 0 heterocycles. The molecule has 78 valence electrons. The number of benzene rings is 1. The third kappa shape index (κ3) is 3.13. The Labute approximate surface area is 86.9 Å². The van der Waals surface area contributed by atoms with E-state index in [2.05, 4.69) is 55.5 Å². The molecule has 0 bridgehead atoms. The van der Waals surface area contributed by atoms with Gasteiger partial charge in [0, 0.05) is 12.6 Å². The average Bonchev–Trinajstić information content (AvgIpc) is 2.15. The average molecular weight is 192 g/mol. The molecule has 1 rings (SSSR count). The van der Waals surface area contributed by atoms with Crippen molar-refractivity contribution in [3.8, 4) is 0 Å². The Hall–Kier alpha value is -0.860. The van der Waals surface area contributed by atoms with Crippen LogP contribution in [0.2, 0.25) is 0 Å². The highest BCUT2D eigenvalue weighted by atomic mass is 15.1. The fourth-order valence-corrected chi connectivity index (χ4v) is 1.53. The van der Waals surface area contributed by atoms with E-state index in [-0.39, 0.29) is 0 Å². The molecule has 2 nitrogen and oxygen atoms in total. The number of likely N-dealkylation sites (N-methyl/N-ethyl adjacent to an activating group) is 2. The van der Waals surface area contributed by atoms with Crippen molar-refractivity contribution in [1.82, 2.24) is 10.2 Å². The Kier molecular flexibility index (Phi) is 4.11. The molecule has 1 unspecified atom stereocenters. The predicted molar refractivity (Wildman–Crippen MR) is 61.5 cm³/mol. The summed E-state index contributed by atoms with van der Waals surface area (Å²) in [5.74, 6) is 0. The van der Waals surface area contributed by atoms with Gasteiger partial charge in [-0.2, -0.15) is 0 Å². The minimum atomic E-state index is 0.422. The van der Waals surface area contributed by atoms with Crippen molar-refractivity contribution in [2.75, 3.05) is 27.7 Å². The Morgan fingerprint density at radius 1 is 1.21 bits per heavy atom. The second-order valence-electron chi connectivity index (χ2n) is 4.01. The molecular formula is C12H20N2. The van der Waals surface area contributed by atoms with Gasteiger partial charge in [-0.25, -0.2) is 0 Å². The van der Waals surface area contributed by atoms with Crippen LogP contribution < -0.4 is 5.32 Å². The van der Waals surface area contributed by atoms with E-state index in [0.717, 1.165) is 6.54 Å². The van der Waals surface area contributed by atoms with Crippen molar-refractivity contribution >= 4 is 0 Å². The van der Waals surface area contributed by atoms with Crippen molar-refractivity contribution in [1.29, 1.82) is 0 Å². The molecule has 0 fully saturated rings. The monoisotopic (exact) mass is 192 g/mol. The topological polar surface area (TPSA) is 15.3 Å². The molecule has 1 atom stereocenters. The Balaban J connectivity index is 2.73. The smallest absolute Gasteiger partial charge is 0.0446 e. The van der Waals surface area contributed by atoms with Gasteiger partial charge in [-0.1, -0.05) is 29.8 Å². The van der Waals surface area contributed by atoms with E-state index in [1.165, 1.54) is 11.1 Å². The maximum absolute atomic E-state index is 3.33. The maximum Gasteiger partial charge on any atom is 0.0446 e. The lowest BCUT2D eigenvalue weighted by atomic mass is 10.1. The van der Waals surface area contributed by atoms with Gasteiger partial charge in [-0.05, 0) is 33.6 Å². The molecule has 0 aliphatic heterocycles. The van der Waals surface area contributed by atoms with Crippen LogP contribution in [-0.4, -0.2) is 32.6 Å². The minimum absolute atomic E-state index is 0.422. The van der Waals surface area contributed by atoms with Crippen LogP contribution in [0.4, 0.5) is 0 Å². The largest absolute Gasteiger partial charge is 0.312 e. The summed E-state index contributed by atoms with van der Waals surface area (Å²) in [6, 6.07) is 9.13. The highest BCUT2D eigenvalue weighted by Crippen LogP contribution is 2.13. The summed E-state index contributed by atoms with van der Waals surface area (Å²) in [4.78, 5) is 2.20. The lowest BCUT2D eigenvalue weighted by molar-refractivity contribution is 0.353. The third-order valence-corrected chi connectivity index (χ3v) is 2.38. The normalized spacial score (nSPS) is 13.2. The van der Waals surface area contributed by atoms with Crippen molar-refractivity contribution in [3.63, 3.8) is 0 Å². The fraction of sp³-hybridized carbons (Fsp3) is 0.500. The van der Waals surface area contributed by atoms with Gasteiger partial charge in [0.25, 0.3) is 0 Å². The summed E-state index contributed by atoms with van der Waals surface area (Å²) in [5.41, 5.74) is 2.67. The van der Waals surface area contributed by atoms with Gasteiger partial charge in [0.15, 0.2) is 0 Å². The first-order chi connectivity index (χ1) is 6.63. The van der Waals surface area contributed by atoms with Crippen LogP contribution in [0.5, 0.6) is 0 Å². The van der Waals surface area contributed by atoms with Gasteiger partial charge in [0.2, 0.25) is 0 Å². The third-order valence-electron chi connectivity index (χ3n) is 2.38. The summed E-state index contributed by atoms with van der Waals surface area (Å²) in [7, 11) is 6.20. The van der Waals surface area contributed by atoms with Gasteiger partial charge >= 0.3 is 0 Å². The molecule has 14 heavy (non-hydrogen) atoms. The van der Waals surface area contributed by atoms with E-state index in [0.29, 0.717) is 6.04 Å². The lowest BCUT2D eigenvalue weighted by Crippen LogP contribution is -2.28. The summed E-state index contributed by atoms with van der Waals surface area (Å²) in [5, 5.41) is 3.33. The van der Waals surface area contributed by atoms with E-state index in [9.17, 15) is 0 Å². The first kappa shape index (κ1) is 11.2. The molecule has 0 saturated heterocycles. The molecule has 0 spiro atoms. The summed E-state index contributed by atoms with van der Waals surface area (Å²) in [6.45, 7) is 3.14. The fourth-order valence-electron chi connectivity index (χ4n) is 1.53. The van der Waals surface area contributed by atoms with Crippen molar-refractivity contribution in [2.24, 2.45) is 0 Å². The van der Waals surface area contributed by atoms with E-state index >= 15 is 0 Å². The number of hydrogen-bond acceptors (Lipinski definition) is 2. The quantitative estimate of drug-likeness (QED) is 0.783. The highest BCUT2D eigenvalue weighted by molar-refractivity contribution is 5.24. The molecule has 0 saturated carbocycles. The van der Waals surface area contributed by atoms with Gasteiger partial charge in [-0.3, -0.25) is 0 Å². The molecule has 0 aliphatic carbocycles. The Morgan fingerprint density at radius 2 is 1.79 bits per heavy atom. The van der Waals surface area contributed by atoms with Crippen LogP contribution in [0, 0.1) is 6.92 Å². The molecule has 0 aliphatic rings. The summed E-state index contributed by atoms with van der Waals surface area (Å²) in [6.07, 6.45) is 0. The standard InChI is InChI=1S/C12H20N2/c1-10-5-7-11(8-6-10)12(13-2)9-14(3)4/h5-8,12-13H,9H2,1-4H3. The van der Waals surface area contributed by atoms with Gasteiger partial charge in [0.1, 0.15) is 0 Å².